The Morgan fingerprint density at radius 3 is 2.61 bits per heavy atom. The monoisotopic (exact) mass is 559 g/mol. The van der Waals surface area contributed by atoms with Crippen molar-refractivity contribution in [1.82, 2.24) is 19.4 Å². The second-order valence-electron chi connectivity index (χ2n) is 9.57. The molecule has 2 aromatic carbocycles. The first kappa shape index (κ1) is 29.4. The van der Waals surface area contributed by atoms with E-state index in [-0.39, 0.29) is 5.91 Å². The van der Waals surface area contributed by atoms with E-state index in [1.54, 1.807) is 20.4 Å². The largest absolute Gasteiger partial charge is 0.494 e. The number of carbonyl (C=O) groups is 1. The maximum Gasteiger partial charge on any atom is 0.247 e. The van der Waals surface area contributed by atoms with E-state index in [1.807, 2.05) is 74.4 Å². The Morgan fingerprint density at radius 2 is 1.88 bits per heavy atom. The van der Waals surface area contributed by atoms with Crippen molar-refractivity contribution >= 4 is 39.8 Å². The quantitative estimate of drug-likeness (QED) is 0.173. The van der Waals surface area contributed by atoms with Crippen molar-refractivity contribution in [3.05, 3.63) is 67.5 Å². The molecule has 0 saturated carbocycles. The van der Waals surface area contributed by atoms with Gasteiger partial charge in [0.25, 0.3) is 0 Å². The summed E-state index contributed by atoms with van der Waals surface area (Å²) in [5.74, 6) is 2.08. The van der Waals surface area contributed by atoms with E-state index in [9.17, 15) is 4.79 Å². The molecule has 0 saturated heterocycles. The van der Waals surface area contributed by atoms with Crippen LogP contribution in [-0.2, 0) is 9.53 Å². The van der Waals surface area contributed by atoms with Crippen molar-refractivity contribution < 1.29 is 19.0 Å². The fourth-order valence-electron chi connectivity index (χ4n) is 4.27. The van der Waals surface area contributed by atoms with Gasteiger partial charge >= 0.3 is 0 Å². The average molecular weight is 560 g/mol. The zero-order chi connectivity index (χ0) is 29.4. The molecule has 2 aromatic heterocycles. The van der Waals surface area contributed by atoms with Gasteiger partial charge in [0.2, 0.25) is 11.9 Å². The standard InChI is InChI=1S/C30H37N7O4/c1-7-29(38)32-22-19-23(27(40-6)20-25(22)36(4)16-15-35(2)3)33-30-31-13-11-28(34-30)37-14-12-21-24(37)9-8-10-26(21)41-18-17-39-5/h7-14,19-20H,1,15-18H2,2-6H3,(H,32,38)(H,31,33,34). The summed E-state index contributed by atoms with van der Waals surface area (Å²) in [6.07, 6.45) is 4.87. The molecule has 2 heterocycles. The van der Waals surface area contributed by atoms with E-state index < -0.39 is 0 Å². The molecule has 216 valence electrons. The third-order valence-electron chi connectivity index (χ3n) is 6.43. The van der Waals surface area contributed by atoms with Crippen molar-refractivity contribution in [3.8, 4) is 17.3 Å². The molecule has 11 nitrogen and oxygen atoms in total. The number of methoxy groups -OCH3 is 2. The van der Waals surface area contributed by atoms with Gasteiger partial charge in [0.15, 0.2) is 0 Å². The maximum absolute atomic E-state index is 12.3. The Kier molecular flexibility index (Phi) is 9.77. The van der Waals surface area contributed by atoms with Gasteiger partial charge in [-0.15, -0.1) is 0 Å². The number of benzene rings is 2. The molecule has 0 atom stereocenters. The van der Waals surface area contributed by atoms with Crippen molar-refractivity contribution in [1.29, 1.82) is 0 Å². The lowest BCUT2D eigenvalue weighted by Crippen LogP contribution is -2.29. The number of nitrogens with one attached hydrogen (secondary N) is 2. The maximum atomic E-state index is 12.3. The van der Waals surface area contributed by atoms with Crippen LogP contribution in [0.4, 0.5) is 23.0 Å². The molecule has 0 bridgehead atoms. The van der Waals surface area contributed by atoms with Gasteiger partial charge in [0, 0.05) is 51.1 Å². The van der Waals surface area contributed by atoms with Gasteiger partial charge in [-0.05, 0) is 50.5 Å². The summed E-state index contributed by atoms with van der Waals surface area (Å²) >= 11 is 0. The van der Waals surface area contributed by atoms with Crippen LogP contribution >= 0.6 is 0 Å². The van der Waals surface area contributed by atoms with Crippen LogP contribution in [0.3, 0.4) is 0 Å². The van der Waals surface area contributed by atoms with E-state index in [0.29, 0.717) is 42.1 Å². The van der Waals surface area contributed by atoms with Crippen molar-refractivity contribution in [2.45, 2.75) is 0 Å². The lowest BCUT2D eigenvalue weighted by Gasteiger charge is -2.26. The number of nitrogens with zero attached hydrogens (tertiary/aromatic N) is 5. The first-order chi connectivity index (χ1) is 19.8. The van der Waals surface area contributed by atoms with E-state index in [4.69, 9.17) is 19.2 Å². The summed E-state index contributed by atoms with van der Waals surface area (Å²) in [6, 6.07) is 13.4. The number of amides is 1. The number of carbonyl (C=O) groups excluding carboxylic acids is 1. The van der Waals surface area contributed by atoms with Crippen LogP contribution < -0.4 is 25.0 Å². The highest BCUT2D eigenvalue weighted by Gasteiger charge is 2.17. The normalized spacial score (nSPS) is 11.0. The first-order valence-electron chi connectivity index (χ1n) is 13.2. The van der Waals surface area contributed by atoms with Gasteiger partial charge in [-0.25, -0.2) is 4.98 Å². The summed E-state index contributed by atoms with van der Waals surface area (Å²) in [7, 11) is 9.25. The molecule has 0 spiro atoms. The van der Waals surface area contributed by atoms with E-state index in [1.165, 1.54) is 6.08 Å². The number of hydrogen-bond donors (Lipinski definition) is 2. The third-order valence-corrected chi connectivity index (χ3v) is 6.43. The highest BCUT2D eigenvalue weighted by molar-refractivity contribution is 6.02. The zero-order valence-corrected chi connectivity index (χ0v) is 24.2. The molecule has 4 aromatic rings. The lowest BCUT2D eigenvalue weighted by atomic mass is 10.2. The van der Waals surface area contributed by atoms with Crippen LogP contribution in [0.25, 0.3) is 16.7 Å². The van der Waals surface area contributed by atoms with Crippen molar-refractivity contribution in [2.24, 2.45) is 0 Å². The number of ether oxygens (including phenoxy) is 3. The summed E-state index contributed by atoms with van der Waals surface area (Å²) in [6.45, 7) is 6.14. The predicted molar refractivity (Wildman–Crippen MR) is 163 cm³/mol. The summed E-state index contributed by atoms with van der Waals surface area (Å²) in [4.78, 5) is 25.6. The summed E-state index contributed by atoms with van der Waals surface area (Å²) < 4.78 is 18.7. The predicted octanol–water partition coefficient (Wildman–Crippen LogP) is 4.32. The van der Waals surface area contributed by atoms with Gasteiger partial charge in [0.05, 0.1) is 36.3 Å². The number of rotatable bonds is 14. The van der Waals surface area contributed by atoms with E-state index in [0.717, 1.165) is 35.4 Å². The van der Waals surface area contributed by atoms with E-state index in [2.05, 4.69) is 32.0 Å². The minimum atomic E-state index is -0.313. The Bertz CT molecular complexity index is 1500. The van der Waals surface area contributed by atoms with Crippen LogP contribution in [0, 0.1) is 0 Å². The van der Waals surface area contributed by atoms with Gasteiger partial charge in [-0.2, -0.15) is 4.98 Å². The van der Waals surface area contributed by atoms with Crippen molar-refractivity contribution in [3.63, 3.8) is 0 Å². The SMILES string of the molecule is C=CC(=O)Nc1cc(Nc2nccc(-n3ccc4c(OCCOC)cccc43)n2)c(OC)cc1N(C)CCN(C)C. The topological polar surface area (TPSA) is 106 Å². The molecule has 1 amide bonds. The number of hydrogen-bond acceptors (Lipinski definition) is 9. The highest BCUT2D eigenvalue weighted by atomic mass is 16.5. The molecule has 4 rings (SSSR count). The number of aromatic nitrogens is 3. The summed E-state index contributed by atoms with van der Waals surface area (Å²) in [5.41, 5.74) is 2.95. The minimum Gasteiger partial charge on any atom is -0.494 e. The molecule has 0 unspecified atom stereocenters. The molecule has 0 fully saturated rings. The van der Waals surface area contributed by atoms with Crippen LogP contribution in [0.2, 0.25) is 0 Å². The number of likely N-dealkylation sites (N-methyl/N-ethyl adjacent to an activating group) is 2. The van der Waals surface area contributed by atoms with Crippen LogP contribution in [0.5, 0.6) is 11.5 Å². The molecule has 41 heavy (non-hydrogen) atoms. The van der Waals surface area contributed by atoms with Crippen LogP contribution in [0.1, 0.15) is 0 Å². The average Bonchev–Trinajstić information content (AvgIpc) is 3.41. The number of anilines is 4. The smallest absolute Gasteiger partial charge is 0.247 e. The molecule has 11 heteroatoms. The van der Waals surface area contributed by atoms with Crippen LogP contribution in [0.15, 0.2) is 67.5 Å². The van der Waals surface area contributed by atoms with E-state index >= 15 is 0 Å². The Balaban J connectivity index is 1.66. The van der Waals surface area contributed by atoms with Gasteiger partial charge in [0.1, 0.15) is 23.9 Å². The molecule has 0 aliphatic heterocycles. The highest BCUT2D eigenvalue weighted by Crippen LogP contribution is 2.38. The van der Waals surface area contributed by atoms with Crippen molar-refractivity contribution in [2.75, 3.05) is 77.2 Å². The molecular weight excluding hydrogens is 522 g/mol. The molecular formula is C30H37N7O4. The van der Waals surface area contributed by atoms with Gasteiger partial charge in [-0.1, -0.05) is 12.6 Å². The fraction of sp³-hybridized carbons (Fsp3) is 0.300. The summed E-state index contributed by atoms with van der Waals surface area (Å²) in [5, 5.41) is 7.14. The first-order valence-corrected chi connectivity index (χ1v) is 13.2. The molecule has 2 N–H and O–H groups in total. The molecule has 0 aliphatic rings. The number of fused-ring (bicyclic) bond motifs is 1. The Hall–Kier alpha value is -4.61. The van der Waals surface area contributed by atoms with Gasteiger partial charge in [-0.3, -0.25) is 4.79 Å². The zero-order valence-electron chi connectivity index (χ0n) is 24.2. The molecule has 0 aliphatic carbocycles. The Morgan fingerprint density at radius 1 is 1.05 bits per heavy atom. The molecule has 0 radical (unpaired) electrons. The third kappa shape index (κ3) is 7.13. The fourth-order valence-corrected chi connectivity index (χ4v) is 4.27. The minimum absolute atomic E-state index is 0.313. The van der Waals surface area contributed by atoms with Gasteiger partial charge < -0.3 is 39.2 Å². The van der Waals surface area contributed by atoms with Crippen LogP contribution in [-0.4, -0.2) is 87.0 Å². The lowest BCUT2D eigenvalue weighted by molar-refractivity contribution is -0.111. The second kappa shape index (κ2) is 13.6. The second-order valence-corrected chi connectivity index (χ2v) is 9.57. The Labute approximate surface area is 240 Å².